The van der Waals surface area contributed by atoms with Crippen LogP contribution in [0.4, 0.5) is 5.82 Å². The molecular weight excluding hydrogens is 266 g/mol. The van der Waals surface area contributed by atoms with E-state index in [1.165, 1.54) is 0 Å². The van der Waals surface area contributed by atoms with Crippen molar-refractivity contribution in [3.63, 3.8) is 0 Å². The van der Waals surface area contributed by atoms with Gasteiger partial charge in [-0.05, 0) is 31.2 Å². The van der Waals surface area contributed by atoms with Gasteiger partial charge in [0.15, 0.2) is 0 Å². The fourth-order valence-electron chi connectivity index (χ4n) is 1.45. The third kappa shape index (κ3) is 3.62. The molecule has 2 heterocycles. The number of halogens is 1. The Bertz CT molecular complexity index is 505. The highest BCUT2D eigenvalue weighted by molar-refractivity contribution is 7.98. The molecule has 1 N–H and O–H groups in total. The number of rotatable bonds is 5. The van der Waals surface area contributed by atoms with E-state index in [4.69, 9.17) is 11.6 Å². The molecule has 94 valence electrons. The van der Waals surface area contributed by atoms with Crippen LogP contribution in [0.3, 0.4) is 0 Å². The number of thioether (sulfide) groups is 1. The Morgan fingerprint density at radius 3 is 2.72 bits per heavy atom. The molecule has 0 saturated carbocycles. The minimum atomic E-state index is 0.707. The summed E-state index contributed by atoms with van der Waals surface area (Å²) >= 11 is 7.85. The lowest BCUT2D eigenvalue weighted by molar-refractivity contribution is 1.11. The molecule has 0 aliphatic carbocycles. The highest BCUT2D eigenvalue weighted by Crippen LogP contribution is 2.26. The molecule has 0 fully saturated rings. The van der Waals surface area contributed by atoms with Gasteiger partial charge in [-0.3, -0.25) is 4.98 Å². The number of anilines is 1. The van der Waals surface area contributed by atoms with E-state index in [2.05, 4.69) is 15.3 Å². The van der Waals surface area contributed by atoms with E-state index in [9.17, 15) is 0 Å². The molecule has 0 aliphatic heterocycles. The van der Waals surface area contributed by atoms with Crippen LogP contribution >= 0.6 is 23.4 Å². The number of pyridine rings is 2. The first kappa shape index (κ1) is 13.2. The summed E-state index contributed by atoms with van der Waals surface area (Å²) in [7, 11) is 0. The van der Waals surface area contributed by atoms with Gasteiger partial charge in [-0.1, -0.05) is 11.6 Å². The van der Waals surface area contributed by atoms with Crippen molar-refractivity contribution in [2.75, 3.05) is 11.9 Å². The van der Waals surface area contributed by atoms with E-state index < -0.39 is 0 Å². The summed E-state index contributed by atoms with van der Waals surface area (Å²) in [6, 6.07) is 7.74. The maximum absolute atomic E-state index is 6.15. The molecule has 0 spiro atoms. The van der Waals surface area contributed by atoms with Crippen LogP contribution in [0.25, 0.3) is 0 Å². The van der Waals surface area contributed by atoms with Crippen molar-refractivity contribution >= 4 is 29.2 Å². The maximum Gasteiger partial charge on any atom is 0.126 e. The van der Waals surface area contributed by atoms with E-state index in [0.717, 1.165) is 28.7 Å². The summed E-state index contributed by atoms with van der Waals surface area (Å²) in [5, 5.41) is 3.89. The zero-order chi connectivity index (χ0) is 12.8. The van der Waals surface area contributed by atoms with Gasteiger partial charge in [0.1, 0.15) is 5.82 Å². The lowest BCUT2D eigenvalue weighted by atomic mass is 10.3. The van der Waals surface area contributed by atoms with E-state index in [1.807, 2.05) is 31.2 Å². The average molecular weight is 280 g/mol. The summed E-state index contributed by atoms with van der Waals surface area (Å²) in [5.74, 6) is 1.62. The van der Waals surface area contributed by atoms with Crippen LogP contribution in [-0.4, -0.2) is 16.5 Å². The Morgan fingerprint density at radius 1 is 1.22 bits per heavy atom. The Morgan fingerprint density at radius 2 is 2.00 bits per heavy atom. The first-order valence-electron chi connectivity index (χ1n) is 5.71. The smallest absolute Gasteiger partial charge is 0.126 e. The second kappa shape index (κ2) is 6.61. The zero-order valence-corrected chi connectivity index (χ0v) is 11.6. The van der Waals surface area contributed by atoms with Crippen LogP contribution < -0.4 is 5.32 Å². The van der Waals surface area contributed by atoms with Crippen molar-refractivity contribution in [2.45, 2.75) is 17.6 Å². The van der Waals surface area contributed by atoms with Crippen molar-refractivity contribution in [1.82, 2.24) is 9.97 Å². The molecule has 0 bridgehead atoms. The Hall–Kier alpha value is -1.26. The Labute approximate surface area is 116 Å². The molecule has 0 atom stereocenters. The molecule has 2 aromatic heterocycles. The molecule has 18 heavy (non-hydrogen) atoms. The predicted octanol–water partition coefficient (Wildman–Crippen LogP) is 3.85. The average Bonchev–Trinajstić information content (AvgIpc) is 2.41. The summed E-state index contributed by atoms with van der Waals surface area (Å²) in [6.07, 6.45) is 3.57. The van der Waals surface area contributed by atoms with Crippen LogP contribution in [0.15, 0.2) is 41.6 Å². The molecule has 2 aromatic rings. The number of hydrogen-bond donors (Lipinski definition) is 1. The van der Waals surface area contributed by atoms with Gasteiger partial charge in [0, 0.05) is 29.6 Å². The Balaban J connectivity index is 2.06. The molecule has 3 nitrogen and oxygen atoms in total. The third-order valence-corrected chi connectivity index (χ3v) is 3.67. The molecule has 5 heteroatoms. The highest BCUT2D eigenvalue weighted by Gasteiger charge is 2.04. The minimum absolute atomic E-state index is 0.707. The van der Waals surface area contributed by atoms with Gasteiger partial charge in [-0.15, -0.1) is 11.8 Å². The van der Waals surface area contributed by atoms with Crippen LogP contribution in [0.1, 0.15) is 12.6 Å². The van der Waals surface area contributed by atoms with Crippen LogP contribution in [0.5, 0.6) is 0 Å². The van der Waals surface area contributed by atoms with Crippen molar-refractivity contribution in [2.24, 2.45) is 0 Å². The van der Waals surface area contributed by atoms with Gasteiger partial charge in [0.05, 0.1) is 10.7 Å². The van der Waals surface area contributed by atoms with Crippen LogP contribution in [0.2, 0.25) is 5.02 Å². The zero-order valence-electron chi connectivity index (χ0n) is 10.1. The van der Waals surface area contributed by atoms with E-state index >= 15 is 0 Å². The highest BCUT2D eigenvalue weighted by atomic mass is 35.5. The summed E-state index contributed by atoms with van der Waals surface area (Å²) in [5.41, 5.74) is 0.900. The quantitative estimate of drug-likeness (QED) is 0.844. The molecule has 0 aromatic carbocycles. The molecule has 0 radical (unpaired) electrons. The van der Waals surface area contributed by atoms with Gasteiger partial charge in [-0.25, -0.2) is 4.98 Å². The number of aromatic nitrogens is 2. The third-order valence-electron chi connectivity index (χ3n) is 2.30. The molecule has 0 aliphatic rings. The summed E-state index contributed by atoms with van der Waals surface area (Å²) in [4.78, 5) is 9.65. The number of hydrogen-bond acceptors (Lipinski definition) is 4. The lowest BCUT2D eigenvalue weighted by Gasteiger charge is -2.07. The monoisotopic (exact) mass is 279 g/mol. The van der Waals surface area contributed by atoms with Crippen LogP contribution in [0, 0.1) is 0 Å². The lowest BCUT2D eigenvalue weighted by Crippen LogP contribution is -2.01. The van der Waals surface area contributed by atoms with Crippen molar-refractivity contribution in [1.29, 1.82) is 0 Å². The molecular formula is C13H14ClN3S. The van der Waals surface area contributed by atoms with Gasteiger partial charge < -0.3 is 5.32 Å². The van der Waals surface area contributed by atoms with Gasteiger partial charge in [-0.2, -0.15) is 0 Å². The standard InChI is InChI=1S/C13H14ClN3S/c1-2-16-13-4-3-11(14)12(17-13)9-18-10-5-7-15-8-6-10/h3-8H,2,9H2,1H3,(H,16,17). The Kier molecular flexibility index (Phi) is 4.84. The molecule has 0 amide bonds. The van der Waals surface area contributed by atoms with Crippen LogP contribution in [-0.2, 0) is 5.75 Å². The fraction of sp³-hybridized carbons (Fsp3) is 0.231. The normalized spacial score (nSPS) is 10.3. The van der Waals surface area contributed by atoms with Crippen molar-refractivity contribution < 1.29 is 0 Å². The van der Waals surface area contributed by atoms with E-state index in [1.54, 1.807) is 24.2 Å². The summed E-state index contributed by atoms with van der Waals surface area (Å²) < 4.78 is 0. The van der Waals surface area contributed by atoms with Crippen molar-refractivity contribution in [3.05, 3.63) is 47.4 Å². The second-order valence-corrected chi connectivity index (χ2v) is 5.08. The molecule has 0 saturated heterocycles. The largest absolute Gasteiger partial charge is 0.370 e. The van der Waals surface area contributed by atoms with Gasteiger partial charge >= 0.3 is 0 Å². The second-order valence-electron chi connectivity index (χ2n) is 3.63. The number of nitrogens with zero attached hydrogens (tertiary/aromatic N) is 2. The van der Waals surface area contributed by atoms with E-state index in [0.29, 0.717) is 5.02 Å². The maximum atomic E-state index is 6.15. The predicted molar refractivity (Wildman–Crippen MR) is 77.2 cm³/mol. The van der Waals surface area contributed by atoms with Gasteiger partial charge in [0.2, 0.25) is 0 Å². The summed E-state index contributed by atoms with van der Waals surface area (Å²) in [6.45, 7) is 2.90. The van der Waals surface area contributed by atoms with E-state index in [-0.39, 0.29) is 0 Å². The first-order valence-corrected chi connectivity index (χ1v) is 7.08. The first-order chi connectivity index (χ1) is 8.79. The fourth-order valence-corrected chi connectivity index (χ4v) is 2.54. The molecule has 2 rings (SSSR count). The molecule has 0 unspecified atom stereocenters. The number of nitrogens with one attached hydrogen (secondary N) is 1. The van der Waals surface area contributed by atoms with Gasteiger partial charge in [0.25, 0.3) is 0 Å². The minimum Gasteiger partial charge on any atom is -0.370 e. The topological polar surface area (TPSA) is 37.8 Å². The SMILES string of the molecule is CCNc1ccc(Cl)c(CSc2ccncc2)n1. The van der Waals surface area contributed by atoms with Crippen molar-refractivity contribution in [3.8, 4) is 0 Å².